The van der Waals surface area contributed by atoms with Crippen LogP contribution >= 0.6 is 15.9 Å². The Bertz CT molecular complexity index is 453. The highest BCUT2D eigenvalue weighted by Crippen LogP contribution is 2.29. The Morgan fingerprint density at radius 3 is 2.89 bits per heavy atom. The number of hydrogen-bond donors (Lipinski definition) is 2. The van der Waals surface area contributed by atoms with Crippen molar-refractivity contribution in [3.05, 3.63) is 32.8 Å². The minimum atomic E-state index is -0.387. The van der Waals surface area contributed by atoms with Gasteiger partial charge in [-0.25, -0.2) is 0 Å². The summed E-state index contributed by atoms with van der Waals surface area (Å²) >= 11 is 3.18. The first kappa shape index (κ1) is 13.3. The van der Waals surface area contributed by atoms with Crippen molar-refractivity contribution in [2.24, 2.45) is 5.73 Å². The minimum absolute atomic E-state index is 0.0834. The molecule has 2 unspecified atom stereocenters. The van der Waals surface area contributed by atoms with Gasteiger partial charge in [0.05, 0.1) is 9.40 Å². The Balaban J connectivity index is 2.09. The van der Waals surface area contributed by atoms with Crippen LogP contribution in [0.4, 0.5) is 11.4 Å². The lowest BCUT2D eigenvalue weighted by Crippen LogP contribution is -2.34. The van der Waals surface area contributed by atoms with Crippen LogP contribution in [0, 0.1) is 10.1 Å². The molecule has 6 heteroatoms. The number of nitrogens with one attached hydrogen (secondary N) is 1. The fourth-order valence-corrected chi connectivity index (χ4v) is 2.73. The Hall–Kier alpha value is -1.14. The van der Waals surface area contributed by atoms with E-state index in [-0.39, 0.29) is 16.7 Å². The molecule has 1 saturated carbocycles. The van der Waals surface area contributed by atoms with Gasteiger partial charge in [0.25, 0.3) is 5.69 Å². The third-order valence-electron chi connectivity index (χ3n) is 3.23. The van der Waals surface area contributed by atoms with E-state index in [0.29, 0.717) is 10.5 Å². The van der Waals surface area contributed by atoms with Crippen LogP contribution < -0.4 is 11.1 Å². The zero-order valence-corrected chi connectivity index (χ0v) is 11.5. The second-order valence-electron chi connectivity index (χ2n) is 4.69. The van der Waals surface area contributed by atoms with Crippen molar-refractivity contribution in [2.45, 2.75) is 37.8 Å². The first-order chi connectivity index (χ1) is 8.56. The molecule has 0 bridgehead atoms. The molecule has 1 aliphatic carbocycles. The van der Waals surface area contributed by atoms with Crippen molar-refractivity contribution in [1.29, 1.82) is 0 Å². The summed E-state index contributed by atoms with van der Waals surface area (Å²) in [6.07, 6.45) is 4.16. The maximum atomic E-state index is 10.8. The van der Waals surface area contributed by atoms with Crippen molar-refractivity contribution in [2.75, 3.05) is 5.32 Å². The number of hydrogen-bond acceptors (Lipinski definition) is 4. The Morgan fingerprint density at radius 2 is 2.22 bits per heavy atom. The van der Waals surface area contributed by atoms with Gasteiger partial charge in [-0.1, -0.05) is 0 Å². The summed E-state index contributed by atoms with van der Waals surface area (Å²) in [4.78, 5) is 10.5. The molecular weight excluding hydrogens is 298 g/mol. The molecule has 98 valence electrons. The molecule has 0 spiro atoms. The Labute approximate surface area is 114 Å². The number of nitro benzene ring substituents is 1. The molecule has 0 aliphatic heterocycles. The summed E-state index contributed by atoms with van der Waals surface area (Å²) in [5.41, 5.74) is 6.79. The second kappa shape index (κ2) is 5.67. The molecule has 1 aromatic rings. The molecule has 18 heavy (non-hydrogen) atoms. The number of nitrogens with two attached hydrogens (primary N) is 1. The van der Waals surface area contributed by atoms with E-state index >= 15 is 0 Å². The zero-order chi connectivity index (χ0) is 13.1. The average molecular weight is 314 g/mol. The maximum absolute atomic E-state index is 10.8. The maximum Gasteiger partial charge on any atom is 0.285 e. The largest absolute Gasteiger partial charge is 0.382 e. The zero-order valence-electron chi connectivity index (χ0n) is 9.93. The summed E-state index contributed by atoms with van der Waals surface area (Å²) in [5.74, 6) is 0. The molecule has 0 radical (unpaired) electrons. The Kier molecular flexibility index (Phi) is 4.19. The third-order valence-corrected chi connectivity index (χ3v) is 3.90. The molecule has 1 aromatic carbocycles. The quantitative estimate of drug-likeness (QED) is 0.664. The van der Waals surface area contributed by atoms with Gasteiger partial charge in [-0.3, -0.25) is 10.1 Å². The van der Waals surface area contributed by atoms with E-state index < -0.39 is 0 Å². The molecule has 1 aliphatic rings. The number of benzene rings is 1. The number of nitrogens with zero attached hydrogens (tertiary/aromatic N) is 1. The number of halogens is 1. The molecule has 2 atom stereocenters. The van der Waals surface area contributed by atoms with Gasteiger partial charge in [-0.15, -0.1) is 0 Å². The highest BCUT2D eigenvalue weighted by atomic mass is 79.9. The Morgan fingerprint density at radius 1 is 1.44 bits per heavy atom. The summed E-state index contributed by atoms with van der Waals surface area (Å²) < 4.78 is 0.499. The van der Waals surface area contributed by atoms with Crippen LogP contribution in [0.15, 0.2) is 22.7 Å². The van der Waals surface area contributed by atoms with Crippen LogP contribution in [0.2, 0.25) is 0 Å². The van der Waals surface area contributed by atoms with E-state index in [1.165, 1.54) is 0 Å². The second-order valence-corrected chi connectivity index (χ2v) is 5.55. The first-order valence-electron chi connectivity index (χ1n) is 6.02. The first-order valence-corrected chi connectivity index (χ1v) is 6.81. The van der Waals surface area contributed by atoms with Crippen LogP contribution in [0.1, 0.15) is 25.7 Å². The van der Waals surface area contributed by atoms with Crippen LogP contribution in [0.5, 0.6) is 0 Å². The lowest BCUT2D eigenvalue weighted by Gasteiger charge is -2.28. The molecule has 0 heterocycles. The molecule has 2 rings (SSSR count). The molecule has 0 aromatic heterocycles. The van der Waals surface area contributed by atoms with Gasteiger partial charge in [0.1, 0.15) is 0 Å². The monoisotopic (exact) mass is 313 g/mol. The smallest absolute Gasteiger partial charge is 0.285 e. The summed E-state index contributed by atoms with van der Waals surface area (Å²) in [5, 5.41) is 14.2. The highest BCUT2D eigenvalue weighted by Gasteiger charge is 2.20. The van der Waals surface area contributed by atoms with Gasteiger partial charge in [0, 0.05) is 23.8 Å². The highest BCUT2D eigenvalue weighted by molar-refractivity contribution is 9.10. The minimum Gasteiger partial charge on any atom is -0.382 e. The normalized spacial score (nSPS) is 23.7. The van der Waals surface area contributed by atoms with Crippen molar-refractivity contribution in [3.63, 3.8) is 0 Å². The molecule has 3 N–H and O–H groups in total. The van der Waals surface area contributed by atoms with Crippen molar-refractivity contribution in [1.82, 2.24) is 0 Å². The molecule has 1 fully saturated rings. The third kappa shape index (κ3) is 3.20. The predicted octanol–water partition coefficient (Wildman–Crippen LogP) is 3.04. The van der Waals surface area contributed by atoms with E-state index in [1.807, 2.05) is 6.07 Å². The lowest BCUT2D eigenvalue weighted by atomic mass is 9.91. The number of anilines is 1. The van der Waals surface area contributed by atoms with Crippen LogP contribution in [0.3, 0.4) is 0 Å². The van der Waals surface area contributed by atoms with Gasteiger partial charge >= 0.3 is 0 Å². The van der Waals surface area contributed by atoms with E-state index in [0.717, 1.165) is 31.4 Å². The van der Waals surface area contributed by atoms with Gasteiger partial charge < -0.3 is 11.1 Å². The van der Waals surface area contributed by atoms with E-state index in [1.54, 1.807) is 12.1 Å². The van der Waals surface area contributed by atoms with Gasteiger partial charge in [-0.2, -0.15) is 0 Å². The van der Waals surface area contributed by atoms with E-state index in [2.05, 4.69) is 21.2 Å². The SMILES string of the molecule is NC1CCCC(Nc2ccc(Br)c([N+](=O)[O-])c2)C1. The lowest BCUT2D eigenvalue weighted by molar-refractivity contribution is -0.385. The molecular formula is C12H16BrN3O2. The fraction of sp³-hybridized carbons (Fsp3) is 0.500. The van der Waals surface area contributed by atoms with E-state index in [4.69, 9.17) is 5.73 Å². The molecule has 0 saturated heterocycles. The van der Waals surface area contributed by atoms with Crippen LogP contribution in [-0.2, 0) is 0 Å². The number of nitro groups is 1. The van der Waals surface area contributed by atoms with Crippen molar-refractivity contribution >= 4 is 27.3 Å². The van der Waals surface area contributed by atoms with Gasteiger partial charge in [0.2, 0.25) is 0 Å². The molecule has 5 nitrogen and oxygen atoms in total. The summed E-state index contributed by atoms with van der Waals surface area (Å²) in [7, 11) is 0. The standard InChI is InChI=1S/C12H16BrN3O2/c13-11-5-4-10(7-12(11)16(17)18)15-9-3-1-2-8(14)6-9/h4-5,7-9,15H,1-3,6,14H2. The van der Waals surface area contributed by atoms with Crippen LogP contribution in [0.25, 0.3) is 0 Å². The van der Waals surface area contributed by atoms with Gasteiger partial charge in [-0.05, 0) is 53.7 Å². The summed E-state index contributed by atoms with van der Waals surface area (Å²) in [6.45, 7) is 0. The topological polar surface area (TPSA) is 81.2 Å². The van der Waals surface area contributed by atoms with Crippen molar-refractivity contribution in [3.8, 4) is 0 Å². The summed E-state index contributed by atoms with van der Waals surface area (Å²) in [6, 6.07) is 5.65. The molecule has 0 amide bonds. The van der Waals surface area contributed by atoms with Gasteiger partial charge in [0.15, 0.2) is 0 Å². The van der Waals surface area contributed by atoms with E-state index in [9.17, 15) is 10.1 Å². The van der Waals surface area contributed by atoms with Crippen LogP contribution in [-0.4, -0.2) is 17.0 Å². The average Bonchev–Trinajstić information content (AvgIpc) is 2.31. The fourth-order valence-electron chi connectivity index (χ4n) is 2.34. The number of rotatable bonds is 3. The van der Waals surface area contributed by atoms with Crippen molar-refractivity contribution < 1.29 is 4.92 Å². The predicted molar refractivity (Wildman–Crippen MR) is 74.7 cm³/mol.